The van der Waals surface area contributed by atoms with Crippen molar-refractivity contribution in [3.63, 3.8) is 0 Å². The van der Waals surface area contributed by atoms with Crippen LogP contribution in [0.4, 0.5) is 52.7 Å². The zero-order chi connectivity index (χ0) is 44.6. The second-order valence-electron chi connectivity index (χ2n) is 13.5. The molecule has 0 heterocycles. The summed E-state index contributed by atoms with van der Waals surface area (Å²) < 4.78 is 204. The van der Waals surface area contributed by atoms with Crippen LogP contribution in [0.25, 0.3) is 65.4 Å². The average Bonchev–Trinajstić information content (AvgIpc) is 3.69. The second kappa shape index (κ2) is 12.9. The van der Waals surface area contributed by atoms with Crippen LogP contribution < -0.4 is 20.9 Å². The van der Waals surface area contributed by atoms with Crippen molar-refractivity contribution in [1.82, 2.24) is 0 Å². The lowest BCUT2D eigenvalue weighted by Crippen LogP contribution is -2.38. The summed E-state index contributed by atoms with van der Waals surface area (Å²) in [5.41, 5.74) is -16.0. The molecule has 2 aliphatic carbocycles. The van der Waals surface area contributed by atoms with Gasteiger partial charge in [0.15, 0.2) is 23.3 Å². The van der Waals surface area contributed by atoms with E-state index in [1.54, 1.807) is 0 Å². The Morgan fingerprint density at radius 3 is 1.03 bits per heavy atom. The summed E-state index contributed by atoms with van der Waals surface area (Å²) in [6, 6.07) is 5.53. The maximum atomic E-state index is 18.0. The van der Waals surface area contributed by atoms with Crippen molar-refractivity contribution in [1.29, 1.82) is 31.7 Å². The maximum absolute atomic E-state index is 18.0. The monoisotopic (exact) mass is 839 g/mol. The Labute approximate surface area is 329 Å². The fraction of sp³-hybridized carbons (Fsp3) is 0.0714. The molecule has 0 radical (unpaired) electrons. The number of nitriles is 5. The summed E-state index contributed by atoms with van der Waals surface area (Å²) in [4.78, 5) is 3.60. The molecule has 6 aromatic carbocycles. The van der Waals surface area contributed by atoms with Crippen LogP contribution in [0.3, 0.4) is 0 Å². The maximum Gasteiger partial charge on any atom is 0.170 e. The molecule has 0 bridgehead atoms. The zero-order valence-electron chi connectivity index (χ0n) is 29.9. The minimum Gasteiger partial charge on any atom is -0.307 e. The highest BCUT2D eigenvalue weighted by atomic mass is 19.2. The van der Waals surface area contributed by atoms with Gasteiger partial charge in [0.25, 0.3) is 0 Å². The number of rotatable bonds is 2. The third-order valence-electron chi connectivity index (χ3n) is 11.0. The molecular formula is C42H9F12N7. The molecule has 8 rings (SSSR count). The molecule has 0 aromatic heterocycles. The highest BCUT2D eigenvalue weighted by molar-refractivity contribution is 6.24. The highest BCUT2D eigenvalue weighted by Gasteiger charge is 2.59. The fourth-order valence-electron chi connectivity index (χ4n) is 8.90. The molecule has 0 unspecified atom stereocenters. The van der Waals surface area contributed by atoms with Crippen molar-refractivity contribution in [3.8, 4) is 30.3 Å². The van der Waals surface area contributed by atoms with Crippen molar-refractivity contribution in [2.24, 2.45) is 4.99 Å². The number of nitrogens with one attached hydrogen (secondary N) is 1. The standard InChI is InChI=1S/C42H9F12N7/c1-10(9-61-2)14-30(43)22-18-19-23(39(52)38(22)51)31(44)15(11(3-55)4-56)35(48)27(19)42(26(18)34(14)47)28-20-21-25(33(46)17(13(7-59)8-60)37(50)29(21)42)41(54)40(53)24(20)32(45)16(36(28)49)12(5-57)6-58/h3,9,55H,1-2H3/b14-10-,15-11-,55-3?,61-9+. The molecule has 1 N–H and O–H groups in total. The van der Waals surface area contributed by atoms with Gasteiger partial charge in [0.05, 0.1) is 53.4 Å². The zero-order valence-corrected chi connectivity index (χ0v) is 29.9. The Morgan fingerprint density at radius 2 is 0.738 bits per heavy atom. The molecule has 0 saturated heterocycles. The Hall–Kier alpha value is -8.21. The van der Waals surface area contributed by atoms with E-state index in [1.165, 1.54) is 6.07 Å². The van der Waals surface area contributed by atoms with Crippen LogP contribution in [-0.2, 0) is 5.41 Å². The van der Waals surface area contributed by atoms with Gasteiger partial charge >= 0.3 is 0 Å². The van der Waals surface area contributed by atoms with Crippen LogP contribution in [0.15, 0.2) is 4.99 Å². The summed E-state index contributed by atoms with van der Waals surface area (Å²) >= 11 is 0. The Bertz CT molecular complexity index is 3680. The van der Waals surface area contributed by atoms with Gasteiger partial charge in [-0.15, -0.1) is 0 Å². The molecule has 0 amide bonds. The average molecular weight is 840 g/mol. The van der Waals surface area contributed by atoms with E-state index in [0.717, 1.165) is 44.5 Å². The Morgan fingerprint density at radius 1 is 0.443 bits per heavy atom. The van der Waals surface area contributed by atoms with E-state index in [2.05, 4.69) is 4.99 Å². The predicted molar refractivity (Wildman–Crippen MR) is 190 cm³/mol. The number of halogens is 12. The van der Waals surface area contributed by atoms with E-state index in [4.69, 9.17) is 5.41 Å². The van der Waals surface area contributed by atoms with Crippen molar-refractivity contribution >= 4 is 77.8 Å². The van der Waals surface area contributed by atoms with Crippen LogP contribution in [0.2, 0.25) is 0 Å². The number of aliphatic imine (C=N–C) groups is 1. The summed E-state index contributed by atoms with van der Waals surface area (Å²) in [6.07, 6.45) is 0.709. The van der Waals surface area contributed by atoms with Gasteiger partial charge < -0.3 is 5.41 Å². The Balaban J connectivity index is 2.00. The van der Waals surface area contributed by atoms with Crippen molar-refractivity contribution in [2.75, 3.05) is 7.05 Å². The smallest absolute Gasteiger partial charge is 0.170 e. The van der Waals surface area contributed by atoms with Crippen molar-refractivity contribution in [2.45, 2.75) is 12.3 Å². The minimum atomic E-state index is -3.98. The van der Waals surface area contributed by atoms with E-state index in [-0.39, 0.29) is 6.21 Å². The van der Waals surface area contributed by atoms with E-state index in [1.807, 2.05) is 0 Å². The molecule has 0 atom stereocenters. The van der Waals surface area contributed by atoms with Crippen LogP contribution >= 0.6 is 0 Å². The number of hydrogen-bond acceptors (Lipinski definition) is 7. The Kier molecular flexibility index (Phi) is 8.37. The number of hydrogen-bond donors (Lipinski definition) is 1. The molecule has 61 heavy (non-hydrogen) atoms. The molecular weight excluding hydrogens is 830 g/mol. The predicted octanol–water partition coefficient (Wildman–Crippen LogP) is 6.57. The summed E-state index contributed by atoms with van der Waals surface area (Å²) in [5, 5.41) is 36.5. The summed E-state index contributed by atoms with van der Waals surface area (Å²) in [5.74, 6) is -27.8. The number of nitrogens with zero attached hydrogens (tertiary/aromatic N) is 6. The van der Waals surface area contributed by atoms with E-state index in [0.29, 0.717) is 0 Å². The quantitative estimate of drug-likeness (QED) is 0.119. The fourth-order valence-corrected chi connectivity index (χ4v) is 8.90. The van der Waals surface area contributed by atoms with Crippen LogP contribution in [0.1, 0.15) is 29.2 Å². The van der Waals surface area contributed by atoms with Gasteiger partial charge in [0, 0.05) is 63.3 Å². The molecule has 2 aliphatic rings. The molecule has 19 heteroatoms. The summed E-state index contributed by atoms with van der Waals surface area (Å²) in [6.45, 7) is 0.922. The third-order valence-corrected chi connectivity index (χ3v) is 11.0. The molecule has 0 aliphatic heterocycles. The second-order valence-corrected chi connectivity index (χ2v) is 13.5. The van der Waals surface area contributed by atoms with Gasteiger partial charge in [-0.2, -0.15) is 26.3 Å². The first-order valence-corrected chi connectivity index (χ1v) is 16.7. The van der Waals surface area contributed by atoms with E-state index >= 15 is 52.7 Å². The SMILES string of the molecule is C/N=C/C(C)=c1\c(F)c2c3c(c(F)c(F)c4c(F)/c(=C(/C#N)C=N)c(F)c(c43)C23c2c(F)c(=C(C#N)C#N)c(F)c4c(F)c(F)c5c(F)c(=C(C#N)C#N)c(F)c3c5c24)c1F. The first-order chi connectivity index (χ1) is 29.0. The van der Waals surface area contributed by atoms with Gasteiger partial charge in [-0.1, -0.05) is 0 Å². The minimum absolute atomic E-state index is 0.0256. The van der Waals surface area contributed by atoms with Crippen LogP contribution in [0, 0.1) is 132 Å². The first-order valence-electron chi connectivity index (χ1n) is 16.7. The lowest BCUT2D eigenvalue weighted by atomic mass is 9.68. The molecule has 1 spiro atoms. The molecule has 0 fully saturated rings. The highest BCUT2D eigenvalue weighted by Crippen LogP contribution is 2.64. The molecule has 7 nitrogen and oxygen atoms in total. The van der Waals surface area contributed by atoms with Crippen LogP contribution in [0.5, 0.6) is 0 Å². The van der Waals surface area contributed by atoms with Gasteiger partial charge in [-0.3, -0.25) is 4.99 Å². The normalized spacial score (nSPS) is 14.0. The summed E-state index contributed by atoms with van der Waals surface area (Å²) in [7, 11) is 1.07. The van der Waals surface area contributed by atoms with Crippen molar-refractivity contribution in [3.05, 3.63) is 113 Å². The van der Waals surface area contributed by atoms with Gasteiger partial charge in [0.2, 0.25) is 0 Å². The lowest BCUT2D eigenvalue weighted by Gasteiger charge is -2.32. The largest absolute Gasteiger partial charge is 0.307 e. The molecule has 6 aromatic rings. The number of fused-ring (bicyclic) bond motifs is 4. The lowest BCUT2D eigenvalue weighted by molar-refractivity contribution is 0.501. The van der Waals surface area contributed by atoms with Crippen LogP contribution in [-0.4, -0.2) is 19.5 Å². The topological polar surface area (TPSA) is 155 Å². The molecule has 0 saturated carbocycles. The van der Waals surface area contributed by atoms with Gasteiger partial charge in [0.1, 0.15) is 88.0 Å². The number of benzene rings is 6. The third kappa shape index (κ3) is 4.20. The van der Waals surface area contributed by atoms with Crippen molar-refractivity contribution < 1.29 is 52.7 Å². The molecule has 296 valence electrons. The van der Waals surface area contributed by atoms with E-state index in [9.17, 15) is 26.3 Å². The van der Waals surface area contributed by atoms with Gasteiger partial charge in [-0.25, -0.2) is 52.7 Å². The first kappa shape index (κ1) is 39.6. The van der Waals surface area contributed by atoms with Gasteiger partial charge in [-0.05, 0) is 12.5 Å². The van der Waals surface area contributed by atoms with E-state index < -0.39 is 184 Å².